The minimum Gasteiger partial charge on any atom is -0.466 e. The van der Waals surface area contributed by atoms with Crippen LogP contribution in [0.25, 0.3) is 0 Å². The van der Waals surface area contributed by atoms with Crippen molar-refractivity contribution in [2.24, 2.45) is 17.3 Å². The van der Waals surface area contributed by atoms with Crippen LogP contribution in [-0.4, -0.2) is 12.6 Å². The Balaban J connectivity index is 2.30. The summed E-state index contributed by atoms with van der Waals surface area (Å²) in [6.07, 6.45) is 5.56. The van der Waals surface area contributed by atoms with E-state index in [0.29, 0.717) is 24.4 Å². The molecule has 0 spiro atoms. The predicted molar refractivity (Wildman–Crippen MR) is 66.2 cm³/mol. The summed E-state index contributed by atoms with van der Waals surface area (Å²) in [5, 5.41) is 0. The van der Waals surface area contributed by atoms with Crippen LogP contribution >= 0.6 is 0 Å². The lowest BCUT2D eigenvalue weighted by molar-refractivity contribution is -0.144. The number of hydrogen-bond acceptors (Lipinski definition) is 2. The molecule has 0 atom stereocenters. The molecule has 1 saturated carbocycles. The van der Waals surface area contributed by atoms with Crippen LogP contribution in [0.5, 0.6) is 0 Å². The van der Waals surface area contributed by atoms with Gasteiger partial charge in [0, 0.05) is 6.42 Å². The standard InChI is InChI=1S/C14H26O2/c1-5-16-13(15)10-11-6-8-12(9-7-11)14(2,3)4/h11-12H,5-10H2,1-4H3. The molecule has 2 heteroatoms. The molecule has 16 heavy (non-hydrogen) atoms. The quantitative estimate of drug-likeness (QED) is 0.684. The zero-order valence-electron chi connectivity index (χ0n) is 11.2. The Bertz CT molecular complexity index is 219. The SMILES string of the molecule is CCOC(=O)CC1CCC(C(C)(C)C)CC1. The average Bonchev–Trinajstić information content (AvgIpc) is 2.17. The molecule has 1 aliphatic carbocycles. The van der Waals surface area contributed by atoms with Gasteiger partial charge in [-0.1, -0.05) is 20.8 Å². The first-order chi connectivity index (χ1) is 7.43. The van der Waals surface area contributed by atoms with Crippen molar-refractivity contribution in [1.29, 1.82) is 0 Å². The lowest BCUT2D eigenvalue weighted by Gasteiger charge is -2.36. The molecule has 2 nitrogen and oxygen atoms in total. The Labute approximate surface area is 99.8 Å². The minimum absolute atomic E-state index is 0.0123. The number of hydrogen-bond donors (Lipinski definition) is 0. The monoisotopic (exact) mass is 226 g/mol. The van der Waals surface area contributed by atoms with Crippen molar-refractivity contribution in [3.8, 4) is 0 Å². The van der Waals surface area contributed by atoms with E-state index in [1.54, 1.807) is 0 Å². The fourth-order valence-corrected chi connectivity index (χ4v) is 2.69. The van der Waals surface area contributed by atoms with Crippen molar-refractivity contribution in [3.63, 3.8) is 0 Å². The number of rotatable bonds is 3. The molecule has 0 radical (unpaired) electrons. The van der Waals surface area contributed by atoms with Crippen molar-refractivity contribution in [2.75, 3.05) is 6.61 Å². The normalized spacial score (nSPS) is 26.5. The maximum Gasteiger partial charge on any atom is 0.306 e. The second-order valence-corrected chi connectivity index (χ2v) is 6.09. The molecule has 0 aromatic heterocycles. The van der Waals surface area contributed by atoms with Gasteiger partial charge in [0.1, 0.15) is 0 Å². The summed E-state index contributed by atoms with van der Waals surface area (Å²) in [6.45, 7) is 9.35. The highest BCUT2D eigenvalue weighted by Gasteiger charge is 2.30. The predicted octanol–water partition coefficient (Wildman–Crippen LogP) is 3.79. The Morgan fingerprint density at radius 1 is 1.19 bits per heavy atom. The van der Waals surface area contributed by atoms with Crippen molar-refractivity contribution >= 4 is 5.97 Å². The molecule has 1 fully saturated rings. The number of carbonyl (C=O) groups excluding carboxylic acids is 1. The van der Waals surface area contributed by atoms with Gasteiger partial charge in [-0.05, 0) is 49.9 Å². The average molecular weight is 226 g/mol. The van der Waals surface area contributed by atoms with E-state index in [4.69, 9.17) is 4.74 Å². The van der Waals surface area contributed by atoms with Crippen LogP contribution < -0.4 is 0 Å². The third-order valence-electron chi connectivity index (χ3n) is 3.83. The summed E-state index contributed by atoms with van der Waals surface area (Å²) in [5.74, 6) is 1.38. The van der Waals surface area contributed by atoms with Crippen LogP contribution in [0.4, 0.5) is 0 Å². The van der Waals surface area contributed by atoms with Crippen LogP contribution in [0.15, 0.2) is 0 Å². The highest BCUT2D eigenvalue weighted by molar-refractivity contribution is 5.69. The maximum atomic E-state index is 11.4. The summed E-state index contributed by atoms with van der Waals surface area (Å²) < 4.78 is 5.00. The third-order valence-corrected chi connectivity index (χ3v) is 3.83. The second kappa shape index (κ2) is 5.70. The first kappa shape index (κ1) is 13.5. The summed E-state index contributed by atoms with van der Waals surface area (Å²) in [4.78, 5) is 11.4. The van der Waals surface area contributed by atoms with Gasteiger partial charge < -0.3 is 4.74 Å². The van der Waals surface area contributed by atoms with Crippen LogP contribution in [0.2, 0.25) is 0 Å². The lowest BCUT2D eigenvalue weighted by atomic mass is 9.69. The highest BCUT2D eigenvalue weighted by atomic mass is 16.5. The van der Waals surface area contributed by atoms with Gasteiger partial charge >= 0.3 is 5.97 Å². The van der Waals surface area contributed by atoms with Crippen LogP contribution in [0.3, 0.4) is 0 Å². The van der Waals surface area contributed by atoms with Crippen molar-refractivity contribution in [1.82, 2.24) is 0 Å². The first-order valence-electron chi connectivity index (χ1n) is 6.59. The van der Waals surface area contributed by atoms with Gasteiger partial charge in [0.25, 0.3) is 0 Å². The van der Waals surface area contributed by atoms with E-state index in [2.05, 4.69) is 20.8 Å². The molecular weight excluding hydrogens is 200 g/mol. The van der Waals surface area contributed by atoms with Gasteiger partial charge in [0.2, 0.25) is 0 Å². The highest BCUT2D eigenvalue weighted by Crippen LogP contribution is 2.40. The molecule has 1 aliphatic rings. The topological polar surface area (TPSA) is 26.3 Å². The Kier molecular flexibility index (Phi) is 4.82. The first-order valence-corrected chi connectivity index (χ1v) is 6.59. The Morgan fingerprint density at radius 2 is 1.75 bits per heavy atom. The molecule has 0 unspecified atom stereocenters. The molecule has 0 amide bonds. The van der Waals surface area contributed by atoms with Gasteiger partial charge in [0.05, 0.1) is 6.61 Å². The van der Waals surface area contributed by atoms with Crippen molar-refractivity contribution in [3.05, 3.63) is 0 Å². The Hall–Kier alpha value is -0.530. The van der Waals surface area contributed by atoms with E-state index in [1.165, 1.54) is 25.7 Å². The summed E-state index contributed by atoms with van der Waals surface area (Å²) in [7, 11) is 0. The molecule has 0 aliphatic heterocycles. The zero-order valence-corrected chi connectivity index (χ0v) is 11.2. The van der Waals surface area contributed by atoms with E-state index in [0.717, 1.165) is 5.92 Å². The zero-order chi connectivity index (χ0) is 12.2. The molecule has 0 aromatic rings. The van der Waals surface area contributed by atoms with Gasteiger partial charge in [0.15, 0.2) is 0 Å². The van der Waals surface area contributed by atoms with E-state index in [1.807, 2.05) is 6.92 Å². The lowest BCUT2D eigenvalue weighted by Crippen LogP contribution is -2.26. The van der Waals surface area contributed by atoms with E-state index in [-0.39, 0.29) is 5.97 Å². The third kappa shape index (κ3) is 4.15. The van der Waals surface area contributed by atoms with E-state index in [9.17, 15) is 4.79 Å². The number of ether oxygens (including phenoxy) is 1. The van der Waals surface area contributed by atoms with Gasteiger partial charge in [-0.15, -0.1) is 0 Å². The number of esters is 1. The fraction of sp³-hybridized carbons (Fsp3) is 0.929. The molecule has 0 N–H and O–H groups in total. The molecule has 0 bridgehead atoms. The van der Waals surface area contributed by atoms with Crippen molar-refractivity contribution in [2.45, 2.75) is 59.8 Å². The smallest absolute Gasteiger partial charge is 0.306 e. The molecule has 0 aromatic carbocycles. The van der Waals surface area contributed by atoms with Crippen LogP contribution in [0, 0.1) is 17.3 Å². The second-order valence-electron chi connectivity index (χ2n) is 6.09. The fourth-order valence-electron chi connectivity index (χ4n) is 2.69. The van der Waals surface area contributed by atoms with Gasteiger partial charge in [-0.3, -0.25) is 4.79 Å². The maximum absolute atomic E-state index is 11.4. The minimum atomic E-state index is -0.0123. The van der Waals surface area contributed by atoms with Crippen LogP contribution in [0.1, 0.15) is 59.8 Å². The number of carbonyl (C=O) groups is 1. The molecule has 0 saturated heterocycles. The molecular formula is C14H26O2. The Morgan fingerprint density at radius 3 is 2.19 bits per heavy atom. The summed E-state index contributed by atoms with van der Waals surface area (Å²) in [5.41, 5.74) is 0.425. The van der Waals surface area contributed by atoms with Crippen molar-refractivity contribution < 1.29 is 9.53 Å². The summed E-state index contributed by atoms with van der Waals surface area (Å²) in [6, 6.07) is 0. The van der Waals surface area contributed by atoms with E-state index >= 15 is 0 Å². The van der Waals surface area contributed by atoms with Gasteiger partial charge in [-0.25, -0.2) is 0 Å². The largest absolute Gasteiger partial charge is 0.466 e. The van der Waals surface area contributed by atoms with Gasteiger partial charge in [-0.2, -0.15) is 0 Å². The summed E-state index contributed by atoms with van der Waals surface area (Å²) >= 11 is 0. The van der Waals surface area contributed by atoms with E-state index < -0.39 is 0 Å². The molecule has 94 valence electrons. The molecule has 1 rings (SSSR count). The van der Waals surface area contributed by atoms with Crippen LogP contribution in [-0.2, 0) is 9.53 Å². The molecule has 0 heterocycles.